The summed E-state index contributed by atoms with van der Waals surface area (Å²) in [6.45, 7) is 3.63. The van der Waals surface area contributed by atoms with Crippen LogP contribution >= 0.6 is 23.2 Å². The second-order valence-corrected chi connectivity index (χ2v) is 14.2. The van der Waals surface area contributed by atoms with E-state index >= 15 is 0 Å². The molecule has 2 amide bonds. The predicted molar refractivity (Wildman–Crippen MR) is 220 cm³/mol. The Labute approximate surface area is 349 Å². The fraction of sp³-hybridized carbons (Fsp3) is 0.156. The molecule has 0 aliphatic heterocycles. The number of aromatic nitrogens is 2. The summed E-state index contributed by atoms with van der Waals surface area (Å²) in [5, 5.41) is 15.5. The number of methoxy groups -OCH3 is 1. The monoisotopic (exact) mass is 838 g/mol. The number of carbonyl (C=O) groups is 4. The van der Waals surface area contributed by atoms with E-state index in [0.717, 1.165) is 22.3 Å². The Morgan fingerprint density at radius 1 is 0.627 bits per heavy atom. The summed E-state index contributed by atoms with van der Waals surface area (Å²) >= 11 is 12.1. The van der Waals surface area contributed by atoms with Crippen LogP contribution in [0.25, 0.3) is 0 Å². The number of carboxylic acids is 1. The highest BCUT2D eigenvalue weighted by atomic mass is 35.5. The van der Waals surface area contributed by atoms with E-state index in [4.69, 9.17) is 28.3 Å². The quantitative estimate of drug-likeness (QED) is 0.103. The van der Waals surface area contributed by atoms with Crippen molar-refractivity contribution in [3.8, 4) is 0 Å². The zero-order valence-electron chi connectivity index (χ0n) is 32.0. The van der Waals surface area contributed by atoms with Crippen molar-refractivity contribution >= 4 is 47.0 Å². The number of benzene rings is 4. The van der Waals surface area contributed by atoms with Crippen molar-refractivity contribution in [3.63, 3.8) is 0 Å². The van der Waals surface area contributed by atoms with Crippen LogP contribution in [0.4, 0.5) is 8.78 Å². The Balaban J connectivity index is 0.000000224. The molecular formula is C45H38Cl2F2N4O6. The van der Waals surface area contributed by atoms with Crippen LogP contribution in [0.5, 0.6) is 0 Å². The van der Waals surface area contributed by atoms with E-state index < -0.39 is 11.9 Å². The Morgan fingerprint density at radius 2 is 1.00 bits per heavy atom. The van der Waals surface area contributed by atoms with Crippen molar-refractivity contribution < 1.29 is 37.8 Å². The molecule has 4 aromatic carbocycles. The molecule has 3 N–H and O–H groups in total. The first-order valence-electron chi connectivity index (χ1n) is 18.1. The minimum Gasteiger partial charge on any atom is -0.478 e. The molecule has 0 fully saturated rings. The van der Waals surface area contributed by atoms with Gasteiger partial charge < -0.3 is 20.5 Å². The molecule has 59 heavy (non-hydrogen) atoms. The lowest BCUT2D eigenvalue weighted by molar-refractivity contribution is 0.0599. The van der Waals surface area contributed by atoms with Crippen LogP contribution < -0.4 is 10.6 Å². The molecule has 10 nitrogen and oxygen atoms in total. The summed E-state index contributed by atoms with van der Waals surface area (Å²) < 4.78 is 31.0. The van der Waals surface area contributed by atoms with E-state index in [1.54, 1.807) is 79.7 Å². The van der Waals surface area contributed by atoms with Gasteiger partial charge in [-0.05, 0) is 96.8 Å². The van der Waals surface area contributed by atoms with E-state index in [1.165, 1.54) is 55.9 Å². The van der Waals surface area contributed by atoms with Gasteiger partial charge in [0.25, 0.3) is 11.8 Å². The lowest BCUT2D eigenvalue weighted by Gasteiger charge is -2.16. The van der Waals surface area contributed by atoms with Crippen molar-refractivity contribution in [3.05, 3.63) is 199 Å². The van der Waals surface area contributed by atoms with Gasteiger partial charge in [-0.1, -0.05) is 71.7 Å². The lowest BCUT2D eigenvalue weighted by Crippen LogP contribution is -2.28. The zero-order chi connectivity index (χ0) is 42.6. The average Bonchev–Trinajstić information content (AvgIpc) is 3.23. The second-order valence-electron chi connectivity index (χ2n) is 13.3. The van der Waals surface area contributed by atoms with Gasteiger partial charge in [0.2, 0.25) is 0 Å². The molecule has 0 saturated heterocycles. The third-order valence-corrected chi connectivity index (χ3v) is 9.53. The fourth-order valence-corrected chi connectivity index (χ4v) is 6.17. The number of carboxylic acid groups (broad SMARTS) is 1. The van der Waals surface area contributed by atoms with Gasteiger partial charge in [-0.2, -0.15) is 0 Å². The highest BCUT2D eigenvalue weighted by Gasteiger charge is 2.19. The van der Waals surface area contributed by atoms with Gasteiger partial charge >= 0.3 is 11.9 Å². The highest BCUT2D eigenvalue weighted by molar-refractivity contribution is 6.31. The first kappa shape index (κ1) is 43.6. The molecule has 0 spiro atoms. The van der Waals surface area contributed by atoms with Gasteiger partial charge in [0.1, 0.15) is 11.6 Å². The number of esters is 1. The van der Waals surface area contributed by atoms with E-state index in [9.17, 15) is 28.0 Å². The molecule has 2 heterocycles. The molecule has 14 heteroatoms. The molecule has 0 unspecified atom stereocenters. The van der Waals surface area contributed by atoms with Crippen LogP contribution in [0.15, 0.2) is 122 Å². The van der Waals surface area contributed by atoms with Crippen LogP contribution in [0, 0.1) is 11.6 Å². The summed E-state index contributed by atoms with van der Waals surface area (Å²) in [6, 6.07) is 27.5. The fourth-order valence-electron chi connectivity index (χ4n) is 5.86. The Kier molecular flexibility index (Phi) is 15.0. The molecule has 6 rings (SSSR count). The first-order valence-corrected chi connectivity index (χ1v) is 18.9. The number of pyridine rings is 2. The molecular weight excluding hydrogens is 801 g/mol. The molecule has 0 radical (unpaired) electrons. The minimum absolute atomic E-state index is 0.174. The average molecular weight is 840 g/mol. The second kappa shape index (κ2) is 20.3. The maximum absolute atomic E-state index is 13.2. The van der Waals surface area contributed by atoms with Crippen molar-refractivity contribution in [2.75, 3.05) is 7.11 Å². The molecule has 0 aliphatic carbocycles. The Hall–Kier alpha value is -6.50. The normalized spacial score (nSPS) is 11.6. The molecule has 0 bridgehead atoms. The van der Waals surface area contributed by atoms with E-state index in [1.807, 2.05) is 6.92 Å². The smallest absolute Gasteiger partial charge is 0.337 e. The SMILES string of the molecule is COC(=O)c1ccc([C@H](C)NC(=O)c2cc(Cl)cnc2Cc2ccc(F)cc2)cc1.C[C@H](NC(=O)c1cc(Cl)cnc1Cc1ccc(F)cc1)c1ccc(C(=O)O)cc1. The standard InChI is InChI=1S/C23H20ClFN2O3.C22H18ClFN2O3/c1-14(16-5-7-17(8-6-16)23(29)30-2)27-22(28)20-12-18(24)13-26-21(20)11-15-3-9-19(25)10-4-15;1-13(15-4-6-16(7-5-15)22(28)29)26-21(27)19-11-17(23)12-25-20(19)10-14-2-8-18(24)9-3-14/h3-10,12-14H,11H2,1-2H3,(H,27,28);2-9,11-13H,10H2,1H3,(H,26,27)(H,28,29)/t14-;13-/m00/s1. The zero-order valence-corrected chi connectivity index (χ0v) is 33.5. The van der Waals surface area contributed by atoms with E-state index in [2.05, 4.69) is 25.3 Å². The Bertz CT molecular complexity index is 2430. The number of carbonyl (C=O) groups excluding carboxylic acids is 3. The number of aromatic carboxylic acids is 1. The third-order valence-electron chi connectivity index (χ3n) is 9.12. The van der Waals surface area contributed by atoms with Crippen LogP contribution in [-0.2, 0) is 17.6 Å². The lowest BCUT2D eigenvalue weighted by atomic mass is 10.0. The van der Waals surface area contributed by atoms with Crippen molar-refractivity contribution in [1.82, 2.24) is 20.6 Å². The van der Waals surface area contributed by atoms with E-state index in [0.29, 0.717) is 51.0 Å². The number of halogens is 4. The summed E-state index contributed by atoms with van der Waals surface area (Å²) in [6.07, 6.45) is 3.65. The summed E-state index contributed by atoms with van der Waals surface area (Å²) in [4.78, 5) is 56.9. The van der Waals surface area contributed by atoms with Gasteiger partial charge in [0, 0.05) is 25.2 Å². The van der Waals surface area contributed by atoms with Gasteiger partial charge in [-0.15, -0.1) is 0 Å². The summed E-state index contributed by atoms with van der Waals surface area (Å²) in [7, 11) is 1.32. The van der Waals surface area contributed by atoms with Gasteiger partial charge in [0.15, 0.2) is 0 Å². The maximum atomic E-state index is 13.2. The number of hydrogen-bond acceptors (Lipinski definition) is 7. The number of nitrogens with zero attached hydrogens (tertiary/aromatic N) is 2. The Morgan fingerprint density at radius 3 is 1.36 bits per heavy atom. The number of hydrogen-bond donors (Lipinski definition) is 3. The summed E-state index contributed by atoms with van der Waals surface area (Å²) in [5.41, 5.74) is 5.57. The molecule has 302 valence electrons. The number of rotatable bonds is 12. The first-order chi connectivity index (χ1) is 28.2. The van der Waals surface area contributed by atoms with Crippen LogP contribution in [0.2, 0.25) is 10.0 Å². The highest BCUT2D eigenvalue weighted by Crippen LogP contribution is 2.22. The predicted octanol–water partition coefficient (Wildman–Crippen LogP) is 9.40. The van der Waals surface area contributed by atoms with Crippen LogP contribution in [0.1, 0.15) is 101 Å². The topological polar surface area (TPSA) is 148 Å². The molecule has 6 aromatic rings. The molecule has 2 atom stereocenters. The van der Waals surface area contributed by atoms with E-state index in [-0.39, 0.29) is 41.1 Å². The van der Waals surface area contributed by atoms with Crippen LogP contribution in [-0.4, -0.2) is 45.9 Å². The maximum Gasteiger partial charge on any atom is 0.337 e. The van der Waals surface area contributed by atoms with Crippen LogP contribution in [0.3, 0.4) is 0 Å². The van der Waals surface area contributed by atoms with Gasteiger partial charge in [-0.3, -0.25) is 19.6 Å². The number of amides is 2. The molecule has 0 aliphatic rings. The third kappa shape index (κ3) is 12.2. The molecule has 2 aromatic heterocycles. The van der Waals surface area contributed by atoms with Crippen molar-refractivity contribution in [2.45, 2.75) is 38.8 Å². The number of ether oxygens (including phenoxy) is 1. The van der Waals surface area contributed by atoms with Crippen molar-refractivity contribution in [2.24, 2.45) is 0 Å². The summed E-state index contributed by atoms with van der Waals surface area (Å²) in [5.74, 6) is -2.78. The molecule has 0 saturated carbocycles. The van der Waals surface area contributed by atoms with Gasteiger partial charge in [-0.25, -0.2) is 18.4 Å². The van der Waals surface area contributed by atoms with Gasteiger partial charge in [0.05, 0.1) is 62.9 Å². The van der Waals surface area contributed by atoms with Crippen molar-refractivity contribution in [1.29, 1.82) is 0 Å². The minimum atomic E-state index is -1.01. The largest absolute Gasteiger partial charge is 0.478 e. The number of nitrogens with one attached hydrogen (secondary N) is 2.